The number of rotatable bonds is 4. The molecule has 1 aliphatic rings. The van der Waals surface area contributed by atoms with Crippen molar-refractivity contribution < 1.29 is 13.5 Å². The molecule has 2 rings (SSSR count). The predicted octanol–water partition coefficient (Wildman–Crippen LogP) is -1.03. The van der Waals surface area contributed by atoms with Crippen molar-refractivity contribution in [3.8, 4) is 0 Å². The second-order valence-electron chi connectivity index (χ2n) is 4.54. The Balaban J connectivity index is 1.99. The Kier molecular flexibility index (Phi) is 3.51. The van der Waals surface area contributed by atoms with Gasteiger partial charge >= 0.3 is 0 Å². The molecule has 0 unspecified atom stereocenters. The van der Waals surface area contributed by atoms with Crippen molar-refractivity contribution >= 4 is 16.0 Å². The molecule has 2 heterocycles. The molecular formula is C10H16N4O3S. The van der Waals surface area contributed by atoms with Crippen LogP contribution < -0.4 is 9.62 Å². The van der Waals surface area contributed by atoms with Gasteiger partial charge in [-0.25, -0.2) is 23.1 Å². The molecule has 1 saturated heterocycles. The van der Waals surface area contributed by atoms with Gasteiger partial charge in [-0.3, -0.25) is 0 Å². The smallest absolute Gasteiger partial charge is 0.225 e. The molecule has 7 nitrogen and oxygen atoms in total. The predicted molar refractivity (Wildman–Crippen MR) is 66.7 cm³/mol. The van der Waals surface area contributed by atoms with E-state index in [1.54, 1.807) is 18.5 Å². The van der Waals surface area contributed by atoms with Gasteiger partial charge in [0.25, 0.3) is 0 Å². The number of nitrogens with one attached hydrogen (secondary N) is 1. The molecule has 100 valence electrons. The molecule has 0 bridgehead atoms. The molecule has 1 aromatic heterocycles. The van der Waals surface area contributed by atoms with E-state index in [4.69, 9.17) is 0 Å². The second-order valence-corrected chi connectivity index (χ2v) is 6.37. The van der Waals surface area contributed by atoms with Crippen LogP contribution in [0.4, 0.5) is 5.95 Å². The molecule has 1 atom stereocenters. The molecule has 1 aliphatic heterocycles. The topological polar surface area (TPSA) is 95.4 Å². The average Bonchev–Trinajstić information content (AvgIpc) is 2.71. The summed E-state index contributed by atoms with van der Waals surface area (Å²) in [6, 6.07) is 1.72. The van der Waals surface area contributed by atoms with Crippen molar-refractivity contribution in [3.05, 3.63) is 18.5 Å². The zero-order valence-electron chi connectivity index (χ0n) is 10.1. The van der Waals surface area contributed by atoms with Crippen LogP contribution in [0, 0.1) is 0 Å². The van der Waals surface area contributed by atoms with Gasteiger partial charge in [-0.2, -0.15) is 0 Å². The van der Waals surface area contributed by atoms with Gasteiger partial charge in [0.15, 0.2) is 0 Å². The minimum atomic E-state index is -3.29. The van der Waals surface area contributed by atoms with Crippen LogP contribution in [0.5, 0.6) is 0 Å². The molecule has 0 aliphatic carbocycles. The third-order valence-corrected chi connectivity index (χ3v) is 3.50. The minimum absolute atomic E-state index is 0.00909. The summed E-state index contributed by atoms with van der Waals surface area (Å²) < 4.78 is 24.4. The molecule has 0 aromatic carbocycles. The number of aliphatic hydroxyl groups is 1. The van der Waals surface area contributed by atoms with Gasteiger partial charge in [0.05, 0.1) is 18.4 Å². The lowest BCUT2D eigenvalue weighted by Crippen LogP contribution is -2.44. The van der Waals surface area contributed by atoms with Crippen molar-refractivity contribution in [3.63, 3.8) is 0 Å². The van der Waals surface area contributed by atoms with Gasteiger partial charge in [0.1, 0.15) is 0 Å². The maximum absolute atomic E-state index is 11.0. The van der Waals surface area contributed by atoms with E-state index in [1.807, 2.05) is 4.90 Å². The minimum Gasteiger partial charge on any atom is -0.387 e. The highest BCUT2D eigenvalue weighted by Crippen LogP contribution is 2.23. The number of nitrogens with zero attached hydrogens (tertiary/aromatic N) is 3. The molecule has 8 heteroatoms. The maximum Gasteiger partial charge on any atom is 0.225 e. The Morgan fingerprint density at radius 3 is 2.78 bits per heavy atom. The molecule has 2 N–H and O–H groups in total. The van der Waals surface area contributed by atoms with Crippen molar-refractivity contribution in [2.24, 2.45) is 0 Å². The zero-order valence-corrected chi connectivity index (χ0v) is 10.9. The Bertz CT molecular complexity index is 507. The molecule has 0 amide bonds. The van der Waals surface area contributed by atoms with E-state index in [0.717, 1.165) is 6.26 Å². The van der Waals surface area contributed by atoms with Crippen LogP contribution in [0.1, 0.15) is 6.42 Å². The highest BCUT2D eigenvalue weighted by atomic mass is 32.2. The number of aromatic nitrogens is 2. The Morgan fingerprint density at radius 1 is 1.50 bits per heavy atom. The first-order chi connectivity index (χ1) is 8.38. The van der Waals surface area contributed by atoms with Gasteiger partial charge < -0.3 is 10.0 Å². The summed E-state index contributed by atoms with van der Waals surface area (Å²) in [5, 5.41) is 10.3. The molecule has 18 heavy (non-hydrogen) atoms. The fourth-order valence-corrected chi connectivity index (χ4v) is 2.42. The van der Waals surface area contributed by atoms with Crippen molar-refractivity contribution in [2.45, 2.75) is 12.0 Å². The van der Waals surface area contributed by atoms with Crippen LogP contribution in [0.2, 0.25) is 0 Å². The van der Waals surface area contributed by atoms with Gasteiger partial charge in [0.2, 0.25) is 16.0 Å². The summed E-state index contributed by atoms with van der Waals surface area (Å²) in [7, 11) is -3.29. The lowest BCUT2D eigenvalue weighted by molar-refractivity contribution is 0.0685. The van der Waals surface area contributed by atoms with E-state index in [2.05, 4.69) is 14.7 Å². The largest absolute Gasteiger partial charge is 0.387 e. The van der Waals surface area contributed by atoms with E-state index in [1.165, 1.54) is 0 Å². The van der Waals surface area contributed by atoms with Crippen molar-refractivity contribution in [1.82, 2.24) is 14.7 Å². The number of hydrogen-bond acceptors (Lipinski definition) is 6. The molecular weight excluding hydrogens is 256 g/mol. The Morgan fingerprint density at radius 2 is 2.17 bits per heavy atom. The van der Waals surface area contributed by atoms with E-state index in [9.17, 15) is 13.5 Å². The fourth-order valence-electron chi connectivity index (χ4n) is 1.89. The van der Waals surface area contributed by atoms with Crippen LogP contribution >= 0.6 is 0 Å². The van der Waals surface area contributed by atoms with Crippen LogP contribution in [-0.4, -0.2) is 55.0 Å². The summed E-state index contributed by atoms with van der Waals surface area (Å²) in [6.45, 7) is 0.931. The standard InChI is InChI=1S/C10H16N4O3S/c1-18(16,17)13-7-10(15)3-6-14(8-10)9-11-4-2-5-12-9/h2,4-5,13,15H,3,6-8H2,1H3/t10-/m0/s1. The molecule has 1 fully saturated rings. The van der Waals surface area contributed by atoms with Crippen LogP contribution in [-0.2, 0) is 10.0 Å². The lowest BCUT2D eigenvalue weighted by Gasteiger charge is -2.23. The Hall–Kier alpha value is -1.25. The summed E-state index contributed by atoms with van der Waals surface area (Å²) in [4.78, 5) is 10.0. The summed E-state index contributed by atoms with van der Waals surface area (Å²) in [5.74, 6) is 0.549. The molecule has 0 spiro atoms. The average molecular weight is 272 g/mol. The third kappa shape index (κ3) is 3.37. The van der Waals surface area contributed by atoms with Crippen LogP contribution in [0.15, 0.2) is 18.5 Å². The Labute approximate surface area is 106 Å². The highest BCUT2D eigenvalue weighted by molar-refractivity contribution is 7.88. The van der Waals surface area contributed by atoms with E-state index >= 15 is 0 Å². The fraction of sp³-hybridized carbons (Fsp3) is 0.600. The maximum atomic E-state index is 11.0. The second kappa shape index (κ2) is 4.79. The van der Waals surface area contributed by atoms with E-state index < -0.39 is 15.6 Å². The zero-order chi connectivity index (χ0) is 13.2. The van der Waals surface area contributed by atoms with Crippen LogP contribution in [0.3, 0.4) is 0 Å². The monoisotopic (exact) mass is 272 g/mol. The van der Waals surface area contributed by atoms with Crippen molar-refractivity contribution in [1.29, 1.82) is 0 Å². The lowest BCUT2D eigenvalue weighted by atomic mass is 10.0. The normalized spacial score (nSPS) is 24.4. The van der Waals surface area contributed by atoms with Gasteiger partial charge in [0, 0.05) is 25.5 Å². The first kappa shape index (κ1) is 13.2. The van der Waals surface area contributed by atoms with Crippen molar-refractivity contribution in [2.75, 3.05) is 30.8 Å². The van der Waals surface area contributed by atoms with E-state index in [-0.39, 0.29) is 6.54 Å². The SMILES string of the molecule is CS(=O)(=O)NC[C@@]1(O)CCN(c2ncccn2)C1. The summed E-state index contributed by atoms with van der Waals surface area (Å²) in [6.07, 6.45) is 4.82. The molecule has 0 saturated carbocycles. The number of β-amino-alcohol motifs (C(OH)–C–C–N with tert-alkyl or cyclic N) is 1. The highest BCUT2D eigenvalue weighted by Gasteiger charge is 2.37. The number of anilines is 1. The van der Waals surface area contributed by atoms with Crippen LogP contribution in [0.25, 0.3) is 0 Å². The van der Waals surface area contributed by atoms with Gasteiger partial charge in [-0.15, -0.1) is 0 Å². The number of sulfonamides is 1. The number of hydrogen-bond donors (Lipinski definition) is 2. The first-order valence-corrected chi connectivity index (χ1v) is 7.46. The van der Waals surface area contributed by atoms with E-state index in [0.29, 0.717) is 25.5 Å². The molecule has 1 aromatic rings. The van der Waals surface area contributed by atoms with Gasteiger partial charge in [-0.1, -0.05) is 0 Å². The first-order valence-electron chi connectivity index (χ1n) is 5.57. The van der Waals surface area contributed by atoms with Gasteiger partial charge in [-0.05, 0) is 12.5 Å². The quantitative estimate of drug-likeness (QED) is 0.727. The summed E-state index contributed by atoms with van der Waals surface area (Å²) >= 11 is 0. The summed E-state index contributed by atoms with van der Waals surface area (Å²) in [5.41, 5.74) is -1.07. The molecule has 0 radical (unpaired) electrons. The third-order valence-electron chi connectivity index (χ3n) is 2.83.